The maximum Gasteiger partial charge on any atom is 0.213 e. The second-order valence-electron chi connectivity index (χ2n) is 7.05. The van der Waals surface area contributed by atoms with Gasteiger partial charge in [0.1, 0.15) is 7.05 Å². The molecule has 0 fully saturated rings. The summed E-state index contributed by atoms with van der Waals surface area (Å²) in [5, 5.41) is 0. The number of pyridine rings is 1. The molecule has 0 aliphatic carbocycles. The molecule has 1 aliphatic rings. The van der Waals surface area contributed by atoms with Crippen molar-refractivity contribution in [3.05, 3.63) is 77.5 Å². The Hall–Kier alpha value is -2.06. The van der Waals surface area contributed by atoms with Crippen molar-refractivity contribution in [3.63, 3.8) is 0 Å². The summed E-state index contributed by atoms with van der Waals surface area (Å²) in [7, 11) is 2.13. The van der Waals surface area contributed by atoms with Crippen LogP contribution in [0.2, 0.25) is 0 Å². The van der Waals surface area contributed by atoms with Gasteiger partial charge in [-0.2, -0.15) is 0 Å². The van der Waals surface area contributed by atoms with Gasteiger partial charge in [0.2, 0.25) is 5.69 Å². The molecule has 24 heavy (non-hydrogen) atoms. The minimum atomic E-state index is 0.0208. The fourth-order valence-corrected chi connectivity index (χ4v) is 5.31. The summed E-state index contributed by atoms with van der Waals surface area (Å²) < 4.78 is 2.22. The SMILES string of the molecule is Cc1ccc2c(c1-c1cccc[n+]1C)Sc1ccccc1C2(C)C. The highest BCUT2D eigenvalue weighted by Gasteiger charge is 2.35. The van der Waals surface area contributed by atoms with Gasteiger partial charge in [-0.05, 0) is 35.7 Å². The lowest BCUT2D eigenvalue weighted by Crippen LogP contribution is -2.31. The van der Waals surface area contributed by atoms with E-state index >= 15 is 0 Å². The third kappa shape index (κ3) is 2.21. The molecule has 3 aromatic rings. The predicted molar refractivity (Wildman–Crippen MR) is 100 cm³/mol. The molecule has 0 saturated carbocycles. The molecular formula is C22H22NS+. The van der Waals surface area contributed by atoms with Crippen LogP contribution in [0.4, 0.5) is 0 Å². The van der Waals surface area contributed by atoms with E-state index in [0.29, 0.717) is 0 Å². The van der Waals surface area contributed by atoms with Crippen LogP contribution in [0.3, 0.4) is 0 Å². The van der Waals surface area contributed by atoms with Gasteiger partial charge < -0.3 is 0 Å². The highest BCUT2D eigenvalue weighted by atomic mass is 32.2. The molecule has 0 amide bonds. The number of hydrogen-bond donors (Lipinski definition) is 0. The second kappa shape index (κ2) is 5.49. The van der Waals surface area contributed by atoms with Crippen LogP contribution >= 0.6 is 11.8 Å². The van der Waals surface area contributed by atoms with Crippen molar-refractivity contribution in [1.82, 2.24) is 0 Å². The van der Waals surface area contributed by atoms with Crippen LogP contribution in [-0.4, -0.2) is 0 Å². The van der Waals surface area contributed by atoms with E-state index in [-0.39, 0.29) is 5.41 Å². The molecule has 0 N–H and O–H groups in total. The molecule has 0 saturated heterocycles. The van der Waals surface area contributed by atoms with E-state index < -0.39 is 0 Å². The first kappa shape index (κ1) is 15.5. The maximum absolute atomic E-state index is 2.34. The molecule has 2 aromatic carbocycles. The number of benzene rings is 2. The van der Waals surface area contributed by atoms with Crippen LogP contribution in [0, 0.1) is 6.92 Å². The van der Waals surface area contributed by atoms with E-state index in [1.54, 1.807) is 0 Å². The van der Waals surface area contributed by atoms with Crippen LogP contribution in [0.5, 0.6) is 0 Å². The molecule has 0 bridgehead atoms. The van der Waals surface area contributed by atoms with Crippen LogP contribution < -0.4 is 4.57 Å². The number of aryl methyl sites for hydroxylation is 2. The fraction of sp³-hybridized carbons (Fsp3) is 0.227. The van der Waals surface area contributed by atoms with E-state index in [1.807, 2.05) is 11.8 Å². The Bertz CT molecular complexity index is 940. The maximum atomic E-state index is 2.34. The quantitative estimate of drug-likeness (QED) is 0.549. The van der Waals surface area contributed by atoms with Gasteiger partial charge in [-0.3, -0.25) is 0 Å². The monoisotopic (exact) mass is 332 g/mol. The summed E-state index contributed by atoms with van der Waals surface area (Å²) >= 11 is 1.92. The highest BCUT2D eigenvalue weighted by Crippen LogP contribution is 2.52. The largest absolute Gasteiger partial charge is 0.213 e. The van der Waals surface area contributed by atoms with Gasteiger partial charge in [0.15, 0.2) is 6.20 Å². The Morgan fingerprint density at radius 3 is 2.42 bits per heavy atom. The van der Waals surface area contributed by atoms with E-state index in [4.69, 9.17) is 0 Å². The van der Waals surface area contributed by atoms with Gasteiger partial charge in [-0.15, -0.1) is 0 Å². The van der Waals surface area contributed by atoms with Crippen molar-refractivity contribution in [2.45, 2.75) is 36.0 Å². The van der Waals surface area contributed by atoms with Crippen LogP contribution in [-0.2, 0) is 12.5 Å². The van der Waals surface area contributed by atoms with Gasteiger partial charge in [-0.25, -0.2) is 4.57 Å². The molecule has 1 aromatic heterocycles. The number of nitrogens with zero attached hydrogens (tertiary/aromatic N) is 1. The van der Waals surface area contributed by atoms with E-state index in [0.717, 1.165) is 0 Å². The Morgan fingerprint density at radius 1 is 0.875 bits per heavy atom. The average Bonchev–Trinajstić information content (AvgIpc) is 2.56. The Balaban J connectivity index is 2.03. The van der Waals surface area contributed by atoms with Crippen molar-refractivity contribution in [1.29, 1.82) is 0 Å². The van der Waals surface area contributed by atoms with E-state index in [1.165, 1.54) is 37.7 Å². The van der Waals surface area contributed by atoms with E-state index in [2.05, 4.69) is 93.2 Å². The Kier molecular flexibility index (Phi) is 3.54. The third-order valence-electron chi connectivity index (χ3n) is 5.12. The zero-order chi connectivity index (χ0) is 16.9. The molecule has 0 unspecified atom stereocenters. The molecular weight excluding hydrogens is 310 g/mol. The van der Waals surface area contributed by atoms with Crippen molar-refractivity contribution < 1.29 is 4.57 Å². The first-order chi connectivity index (χ1) is 11.5. The van der Waals surface area contributed by atoms with Crippen LogP contribution in [0.1, 0.15) is 30.5 Å². The Morgan fingerprint density at radius 2 is 1.62 bits per heavy atom. The van der Waals surface area contributed by atoms with Crippen molar-refractivity contribution in [2.75, 3.05) is 0 Å². The van der Waals surface area contributed by atoms with Crippen LogP contribution in [0.15, 0.2) is 70.6 Å². The molecule has 120 valence electrons. The van der Waals surface area contributed by atoms with E-state index in [9.17, 15) is 0 Å². The lowest BCUT2D eigenvalue weighted by atomic mass is 9.76. The van der Waals surface area contributed by atoms with Gasteiger partial charge >= 0.3 is 0 Å². The van der Waals surface area contributed by atoms with Gasteiger partial charge in [0.25, 0.3) is 0 Å². The van der Waals surface area contributed by atoms with Gasteiger partial charge in [-0.1, -0.05) is 55.9 Å². The zero-order valence-corrected chi connectivity index (χ0v) is 15.4. The average molecular weight is 332 g/mol. The number of fused-ring (bicyclic) bond motifs is 2. The summed E-state index contributed by atoms with van der Waals surface area (Å²) in [6.45, 7) is 6.90. The summed E-state index contributed by atoms with van der Waals surface area (Å²) in [6, 6.07) is 19.8. The smallest absolute Gasteiger partial charge is 0.201 e. The summed E-state index contributed by atoms with van der Waals surface area (Å²) in [4.78, 5) is 2.78. The van der Waals surface area contributed by atoms with Crippen molar-refractivity contribution in [2.24, 2.45) is 7.05 Å². The lowest BCUT2D eigenvalue weighted by Gasteiger charge is -2.35. The van der Waals surface area contributed by atoms with Gasteiger partial charge in [0, 0.05) is 27.3 Å². The van der Waals surface area contributed by atoms with Gasteiger partial charge in [0.05, 0.1) is 5.56 Å². The fourth-order valence-electron chi connectivity index (χ4n) is 3.71. The minimum absolute atomic E-state index is 0.0208. The highest BCUT2D eigenvalue weighted by molar-refractivity contribution is 7.99. The molecule has 2 heteroatoms. The third-order valence-corrected chi connectivity index (χ3v) is 6.33. The number of aromatic nitrogens is 1. The summed E-state index contributed by atoms with van der Waals surface area (Å²) in [5.74, 6) is 0. The normalized spacial score (nSPS) is 14.8. The van der Waals surface area contributed by atoms with Crippen molar-refractivity contribution in [3.8, 4) is 11.3 Å². The minimum Gasteiger partial charge on any atom is -0.201 e. The molecule has 0 spiro atoms. The first-order valence-corrected chi connectivity index (χ1v) is 9.18. The number of hydrogen-bond acceptors (Lipinski definition) is 1. The van der Waals surface area contributed by atoms with Crippen LogP contribution in [0.25, 0.3) is 11.3 Å². The predicted octanol–water partition coefficient (Wildman–Crippen LogP) is 5.28. The molecule has 4 rings (SSSR count). The molecule has 2 heterocycles. The summed E-state index contributed by atoms with van der Waals surface area (Å²) in [5.41, 5.74) is 6.84. The lowest BCUT2D eigenvalue weighted by molar-refractivity contribution is -0.660. The molecule has 0 atom stereocenters. The number of rotatable bonds is 1. The Labute approximate surface area is 148 Å². The van der Waals surface area contributed by atoms with Crippen molar-refractivity contribution >= 4 is 11.8 Å². The standard InChI is InChI=1S/C22H22NS/c1-15-12-13-17-21(20(15)18-10-7-8-14-23(18)4)24-19-11-6-5-9-16(19)22(17,2)3/h5-14H,1-4H3/q+1. The first-order valence-electron chi connectivity index (χ1n) is 8.36. The molecule has 1 aliphatic heterocycles. The molecule has 0 radical (unpaired) electrons. The summed E-state index contributed by atoms with van der Waals surface area (Å²) in [6.07, 6.45) is 2.13. The second-order valence-corrected chi connectivity index (χ2v) is 8.11. The topological polar surface area (TPSA) is 3.88 Å². The zero-order valence-electron chi connectivity index (χ0n) is 14.6. The molecule has 1 nitrogen and oxygen atoms in total.